The number of hydrogen-bond donors (Lipinski definition) is 2. The van der Waals surface area contributed by atoms with Gasteiger partial charge in [0.2, 0.25) is 5.95 Å². The van der Waals surface area contributed by atoms with E-state index in [0.717, 1.165) is 41.2 Å². The first kappa shape index (κ1) is 25.4. The molecule has 0 spiro atoms. The quantitative estimate of drug-likeness (QED) is 0.300. The molecule has 1 aliphatic heterocycles. The average molecular weight is 498 g/mol. The van der Waals surface area contributed by atoms with Gasteiger partial charge in [0.25, 0.3) is 0 Å². The van der Waals surface area contributed by atoms with Crippen molar-refractivity contribution < 1.29 is 4.74 Å². The van der Waals surface area contributed by atoms with Crippen LogP contribution in [0, 0.1) is 0 Å². The van der Waals surface area contributed by atoms with Gasteiger partial charge in [-0.3, -0.25) is 0 Å². The van der Waals surface area contributed by atoms with Crippen LogP contribution in [0.5, 0.6) is 5.75 Å². The van der Waals surface area contributed by atoms with Gasteiger partial charge in [0, 0.05) is 35.5 Å². The van der Waals surface area contributed by atoms with E-state index >= 15 is 0 Å². The molecule has 34 heavy (non-hydrogen) atoms. The molecule has 1 aliphatic rings. The summed E-state index contributed by atoms with van der Waals surface area (Å²) in [4.78, 5) is 12.0. The maximum atomic E-state index is 5.57. The molecule has 2 N–H and O–H groups in total. The number of ether oxygens (including phenoxy) is 1. The van der Waals surface area contributed by atoms with Gasteiger partial charge in [0.15, 0.2) is 0 Å². The zero-order valence-corrected chi connectivity index (χ0v) is 20.7. The Morgan fingerprint density at radius 3 is 2.15 bits per heavy atom. The first-order chi connectivity index (χ1) is 15.8. The lowest BCUT2D eigenvalue weighted by molar-refractivity contribution is 0.419. The zero-order chi connectivity index (χ0) is 21.8. The molecule has 0 atom stereocenters. The van der Waals surface area contributed by atoms with Gasteiger partial charge in [-0.25, -0.2) is 4.98 Å². The summed E-state index contributed by atoms with van der Waals surface area (Å²) < 4.78 is 5.57. The van der Waals surface area contributed by atoms with Gasteiger partial charge in [-0.15, -0.1) is 24.8 Å². The number of para-hydroxylation sites is 2. The van der Waals surface area contributed by atoms with E-state index in [9.17, 15) is 0 Å². The highest BCUT2D eigenvalue weighted by atomic mass is 35.5. The molecule has 1 fully saturated rings. The lowest BCUT2D eigenvalue weighted by Crippen LogP contribution is -2.29. The maximum Gasteiger partial charge on any atom is 0.229 e. The molecule has 1 saturated heterocycles. The average Bonchev–Trinajstić information content (AvgIpc) is 2.85. The van der Waals surface area contributed by atoms with Crippen LogP contribution in [0.3, 0.4) is 0 Å². The fraction of sp³-hybridized carbons (Fsp3) is 0.231. The van der Waals surface area contributed by atoms with Crippen LogP contribution in [-0.4, -0.2) is 30.2 Å². The Bertz CT molecular complexity index is 1200. The molecule has 5 rings (SSSR count). The van der Waals surface area contributed by atoms with E-state index in [-0.39, 0.29) is 24.8 Å². The van der Waals surface area contributed by atoms with Crippen LogP contribution in [0.25, 0.3) is 10.9 Å². The van der Waals surface area contributed by atoms with Gasteiger partial charge < -0.3 is 20.3 Å². The summed E-state index contributed by atoms with van der Waals surface area (Å²) in [5.74, 6) is 1.96. The van der Waals surface area contributed by atoms with Gasteiger partial charge in [-0.1, -0.05) is 24.3 Å². The SMILES string of the molecule is COc1cccc2c(Nc3ccccc3)nc(Nc3ccc(N4CCCCC4)cc3)nc12.Cl.Cl. The smallest absolute Gasteiger partial charge is 0.229 e. The second-order valence-electron chi connectivity index (χ2n) is 7.96. The van der Waals surface area contributed by atoms with E-state index in [0.29, 0.717) is 11.7 Å². The van der Waals surface area contributed by atoms with Crippen molar-refractivity contribution in [2.75, 3.05) is 35.7 Å². The summed E-state index contributed by atoms with van der Waals surface area (Å²) in [6.45, 7) is 2.27. The van der Waals surface area contributed by atoms with Crippen molar-refractivity contribution >= 4 is 64.5 Å². The molecule has 178 valence electrons. The Morgan fingerprint density at radius 1 is 0.735 bits per heavy atom. The second-order valence-corrected chi connectivity index (χ2v) is 7.96. The van der Waals surface area contributed by atoms with E-state index in [1.54, 1.807) is 7.11 Å². The van der Waals surface area contributed by atoms with Crippen LogP contribution in [0.1, 0.15) is 19.3 Å². The highest BCUT2D eigenvalue weighted by Gasteiger charge is 2.13. The monoisotopic (exact) mass is 497 g/mol. The van der Waals surface area contributed by atoms with Gasteiger partial charge in [-0.05, 0) is 67.8 Å². The maximum absolute atomic E-state index is 5.57. The first-order valence-electron chi connectivity index (χ1n) is 11.1. The number of anilines is 5. The molecule has 1 aromatic heterocycles. The fourth-order valence-electron chi connectivity index (χ4n) is 4.14. The third kappa shape index (κ3) is 5.64. The van der Waals surface area contributed by atoms with Crippen molar-refractivity contribution in [1.29, 1.82) is 0 Å². The fourth-order valence-corrected chi connectivity index (χ4v) is 4.14. The summed E-state index contributed by atoms with van der Waals surface area (Å²) in [6, 6.07) is 24.4. The van der Waals surface area contributed by atoms with Crippen molar-refractivity contribution in [3.8, 4) is 5.75 Å². The molecule has 0 aliphatic carbocycles. The van der Waals surface area contributed by atoms with Gasteiger partial charge in [-0.2, -0.15) is 4.98 Å². The van der Waals surface area contributed by atoms with Crippen molar-refractivity contribution in [2.45, 2.75) is 19.3 Å². The molecular formula is C26H29Cl2N5O. The lowest BCUT2D eigenvalue weighted by Gasteiger charge is -2.28. The number of hydrogen-bond acceptors (Lipinski definition) is 6. The van der Waals surface area contributed by atoms with E-state index < -0.39 is 0 Å². The number of nitrogens with zero attached hydrogens (tertiary/aromatic N) is 3. The van der Waals surface area contributed by atoms with Crippen molar-refractivity contribution in [2.24, 2.45) is 0 Å². The molecule has 8 heteroatoms. The van der Waals surface area contributed by atoms with E-state index in [2.05, 4.69) is 39.8 Å². The molecular weight excluding hydrogens is 469 g/mol. The number of benzene rings is 3. The van der Waals surface area contributed by atoms with Crippen LogP contribution >= 0.6 is 24.8 Å². The standard InChI is InChI=1S/C26H27N5O.2ClH/c1-32-23-12-8-11-22-24(23)29-26(30-25(22)27-19-9-4-2-5-10-19)28-20-13-15-21(16-14-20)31-17-6-3-7-18-31;;/h2,4-5,8-16H,3,6-7,17-18H2,1H3,(H2,27,28,29,30);2*1H. The van der Waals surface area contributed by atoms with Crippen molar-refractivity contribution in [3.63, 3.8) is 0 Å². The third-order valence-electron chi connectivity index (χ3n) is 5.79. The van der Waals surface area contributed by atoms with Gasteiger partial charge in [0.1, 0.15) is 17.1 Å². The summed E-state index contributed by atoms with van der Waals surface area (Å²) in [7, 11) is 1.66. The Balaban J connectivity index is 0.00000162. The number of fused-ring (bicyclic) bond motifs is 1. The number of nitrogens with one attached hydrogen (secondary N) is 2. The lowest BCUT2D eigenvalue weighted by atomic mass is 10.1. The van der Waals surface area contributed by atoms with E-state index in [4.69, 9.17) is 14.7 Å². The number of rotatable bonds is 6. The topological polar surface area (TPSA) is 62.3 Å². The molecule has 0 radical (unpaired) electrons. The molecule has 3 aromatic carbocycles. The predicted octanol–water partition coefficient (Wildman–Crippen LogP) is 6.96. The van der Waals surface area contributed by atoms with Gasteiger partial charge >= 0.3 is 0 Å². The number of halogens is 2. The minimum atomic E-state index is 0. The van der Waals surface area contributed by atoms with Crippen LogP contribution in [-0.2, 0) is 0 Å². The highest BCUT2D eigenvalue weighted by molar-refractivity contribution is 5.95. The zero-order valence-electron chi connectivity index (χ0n) is 19.0. The summed E-state index contributed by atoms with van der Waals surface area (Å²) >= 11 is 0. The summed E-state index contributed by atoms with van der Waals surface area (Å²) in [5.41, 5.74) is 3.94. The minimum absolute atomic E-state index is 0. The normalized spacial score (nSPS) is 12.9. The molecule has 0 saturated carbocycles. The third-order valence-corrected chi connectivity index (χ3v) is 5.79. The Morgan fingerprint density at radius 2 is 1.44 bits per heavy atom. The molecule has 0 unspecified atom stereocenters. The van der Waals surface area contributed by atoms with Gasteiger partial charge in [0.05, 0.1) is 7.11 Å². The molecule has 6 nitrogen and oxygen atoms in total. The molecule has 4 aromatic rings. The number of piperidine rings is 1. The molecule has 0 amide bonds. The Hall–Kier alpha value is -3.22. The first-order valence-corrected chi connectivity index (χ1v) is 11.1. The largest absolute Gasteiger partial charge is 0.494 e. The number of methoxy groups -OCH3 is 1. The van der Waals surface area contributed by atoms with E-state index in [1.807, 2.05) is 48.5 Å². The van der Waals surface area contributed by atoms with Crippen LogP contribution < -0.4 is 20.3 Å². The highest BCUT2D eigenvalue weighted by Crippen LogP contribution is 2.32. The number of aromatic nitrogens is 2. The Kier molecular flexibility index (Phi) is 8.79. The molecule has 0 bridgehead atoms. The summed E-state index contributed by atoms with van der Waals surface area (Å²) in [5, 5.41) is 7.69. The Labute approximate surface area is 212 Å². The second kappa shape index (κ2) is 11.8. The van der Waals surface area contributed by atoms with Crippen LogP contribution in [0.4, 0.5) is 28.8 Å². The van der Waals surface area contributed by atoms with Crippen molar-refractivity contribution in [1.82, 2.24) is 9.97 Å². The van der Waals surface area contributed by atoms with E-state index in [1.165, 1.54) is 24.9 Å². The predicted molar refractivity (Wildman–Crippen MR) is 146 cm³/mol. The van der Waals surface area contributed by atoms with Crippen molar-refractivity contribution in [3.05, 3.63) is 72.8 Å². The van der Waals surface area contributed by atoms with Crippen LogP contribution in [0.15, 0.2) is 72.8 Å². The van der Waals surface area contributed by atoms with Crippen LogP contribution in [0.2, 0.25) is 0 Å². The molecule has 2 heterocycles. The minimum Gasteiger partial charge on any atom is -0.494 e. The summed E-state index contributed by atoms with van der Waals surface area (Å²) in [6.07, 6.45) is 3.87.